The zero-order chi connectivity index (χ0) is 12.3. The molecule has 2 rings (SSSR count). The van der Waals surface area contributed by atoms with E-state index in [4.69, 9.17) is 4.52 Å². The van der Waals surface area contributed by atoms with Crippen LogP contribution in [0.3, 0.4) is 0 Å². The van der Waals surface area contributed by atoms with Crippen molar-refractivity contribution >= 4 is 0 Å². The van der Waals surface area contributed by atoms with E-state index >= 15 is 0 Å². The van der Waals surface area contributed by atoms with Crippen molar-refractivity contribution in [1.29, 1.82) is 0 Å². The molecule has 0 atom stereocenters. The smallest absolute Gasteiger partial charge is 0.228 e. The van der Waals surface area contributed by atoms with Gasteiger partial charge in [-0.3, -0.25) is 0 Å². The van der Waals surface area contributed by atoms with E-state index in [9.17, 15) is 0 Å². The fourth-order valence-electron chi connectivity index (χ4n) is 1.50. The highest BCUT2D eigenvalue weighted by Gasteiger charge is 2.11. The molecule has 0 amide bonds. The summed E-state index contributed by atoms with van der Waals surface area (Å²) in [5, 5.41) is 7.25. The van der Waals surface area contributed by atoms with Gasteiger partial charge in [-0.25, -0.2) is 4.98 Å². The summed E-state index contributed by atoms with van der Waals surface area (Å²) in [6.45, 7) is 5.05. The fraction of sp³-hybridized carbons (Fsp3) is 0.545. The third kappa shape index (κ3) is 2.91. The summed E-state index contributed by atoms with van der Waals surface area (Å²) < 4.78 is 7.05. The molecule has 2 heterocycles. The molecule has 2 aromatic heterocycles. The Hall–Kier alpha value is -1.69. The molecule has 0 fully saturated rings. The molecule has 0 aliphatic rings. The summed E-state index contributed by atoms with van der Waals surface area (Å²) in [7, 11) is 1.90. The van der Waals surface area contributed by atoms with Gasteiger partial charge in [-0.15, -0.1) is 0 Å². The predicted molar refractivity (Wildman–Crippen MR) is 63.3 cm³/mol. The zero-order valence-electron chi connectivity index (χ0n) is 10.3. The molecule has 17 heavy (non-hydrogen) atoms. The van der Waals surface area contributed by atoms with Crippen LogP contribution in [0.4, 0.5) is 0 Å². The molecular formula is C11H17N5O. The van der Waals surface area contributed by atoms with Gasteiger partial charge in [0.15, 0.2) is 0 Å². The van der Waals surface area contributed by atoms with Gasteiger partial charge in [0.1, 0.15) is 5.69 Å². The van der Waals surface area contributed by atoms with Crippen LogP contribution >= 0.6 is 0 Å². The Morgan fingerprint density at radius 3 is 2.94 bits per heavy atom. The Kier molecular flexibility index (Phi) is 3.53. The molecule has 6 nitrogen and oxygen atoms in total. The van der Waals surface area contributed by atoms with Crippen molar-refractivity contribution in [3.8, 4) is 11.5 Å². The molecule has 6 heteroatoms. The van der Waals surface area contributed by atoms with Crippen molar-refractivity contribution in [3.05, 3.63) is 18.4 Å². The predicted octanol–water partition coefficient (Wildman–Crippen LogP) is 1.01. The first-order chi connectivity index (χ1) is 8.16. The Morgan fingerprint density at radius 1 is 1.47 bits per heavy atom. The lowest BCUT2D eigenvalue weighted by Crippen LogP contribution is -2.25. The van der Waals surface area contributed by atoms with Crippen molar-refractivity contribution in [2.45, 2.75) is 26.3 Å². The molecular weight excluding hydrogens is 218 g/mol. The van der Waals surface area contributed by atoms with E-state index in [0.717, 1.165) is 18.7 Å². The Balaban J connectivity index is 1.99. The van der Waals surface area contributed by atoms with Gasteiger partial charge in [0, 0.05) is 26.1 Å². The number of nitrogens with one attached hydrogen (secondary N) is 1. The van der Waals surface area contributed by atoms with Crippen LogP contribution in [-0.2, 0) is 13.5 Å². The maximum atomic E-state index is 5.18. The normalized spacial score (nSPS) is 11.3. The monoisotopic (exact) mass is 235 g/mol. The van der Waals surface area contributed by atoms with Gasteiger partial charge >= 0.3 is 0 Å². The quantitative estimate of drug-likeness (QED) is 0.837. The van der Waals surface area contributed by atoms with Crippen molar-refractivity contribution in [1.82, 2.24) is 25.0 Å². The lowest BCUT2D eigenvalue weighted by molar-refractivity contribution is 0.374. The van der Waals surface area contributed by atoms with E-state index in [0.29, 0.717) is 17.8 Å². The first-order valence-corrected chi connectivity index (χ1v) is 5.69. The lowest BCUT2D eigenvalue weighted by atomic mass is 10.3. The Bertz CT molecular complexity index is 474. The lowest BCUT2D eigenvalue weighted by Gasteiger charge is -2.04. The summed E-state index contributed by atoms with van der Waals surface area (Å²) in [6, 6.07) is 0.467. The second-order valence-electron chi connectivity index (χ2n) is 4.26. The third-order valence-electron chi connectivity index (χ3n) is 2.41. The van der Waals surface area contributed by atoms with E-state index in [1.54, 1.807) is 12.5 Å². The van der Waals surface area contributed by atoms with Gasteiger partial charge in [0.25, 0.3) is 0 Å². The third-order valence-corrected chi connectivity index (χ3v) is 2.41. The van der Waals surface area contributed by atoms with Crippen molar-refractivity contribution < 1.29 is 4.52 Å². The van der Waals surface area contributed by atoms with Gasteiger partial charge in [-0.2, -0.15) is 4.98 Å². The molecule has 0 unspecified atom stereocenters. The second-order valence-corrected chi connectivity index (χ2v) is 4.26. The molecule has 92 valence electrons. The number of hydrogen-bond acceptors (Lipinski definition) is 5. The van der Waals surface area contributed by atoms with Gasteiger partial charge in [0.05, 0.1) is 12.5 Å². The summed E-state index contributed by atoms with van der Waals surface area (Å²) in [4.78, 5) is 8.35. The molecule has 0 bridgehead atoms. The summed E-state index contributed by atoms with van der Waals surface area (Å²) in [5.41, 5.74) is 0.858. The SMILES string of the molecule is CC(C)NCCc1nc(-c2cncn2C)no1. The number of aromatic nitrogens is 4. The molecule has 0 aromatic carbocycles. The van der Waals surface area contributed by atoms with E-state index in [-0.39, 0.29) is 0 Å². The van der Waals surface area contributed by atoms with Gasteiger partial charge < -0.3 is 14.4 Å². The first-order valence-electron chi connectivity index (χ1n) is 5.69. The van der Waals surface area contributed by atoms with Gasteiger partial charge in [0.2, 0.25) is 11.7 Å². The number of rotatable bonds is 5. The Labute approximate surface area is 100 Å². The minimum absolute atomic E-state index is 0.467. The van der Waals surface area contributed by atoms with Crippen LogP contribution in [0.25, 0.3) is 11.5 Å². The van der Waals surface area contributed by atoms with Crippen LogP contribution in [0.5, 0.6) is 0 Å². The number of nitrogens with zero attached hydrogens (tertiary/aromatic N) is 4. The van der Waals surface area contributed by atoms with E-state index in [1.807, 2.05) is 11.6 Å². The first kappa shape index (κ1) is 11.8. The molecule has 0 radical (unpaired) electrons. The molecule has 1 N–H and O–H groups in total. The topological polar surface area (TPSA) is 68.8 Å². The van der Waals surface area contributed by atoms with Gasteiger partial charge in [-0.1, -0.05) is 19.0 Å². The van der Waals surface area contributed by atoms with Crippen LogP contribution in [-0.4, -0.2) is 32.3 Å². The van der Waals surface area contributed by atoms with E-state index in [2.05, 4.69) is 34.3 Å². The molecule has 0 saturated heterocycles. The van der Waals surface area contributed by atoms with Crippen LogP contribution in [0.15, 0.2) is 17.0 Å². The fourth-order valence-corrected chi connectivity index (χ4v) is 1.50. The average Bonchev–Trinajstić information content (AvgIpc) is 2.86. The molecule has 0 spiro atoms. The highest BCUT2D eigenvalue weighted by Crippen LogP contribution is 2.13. The number of aryl methyl sites for hydroxylation is 1. The Morgan fingerprint density at radius 2 is 2.29 bits per heavy atom. The maximum absolute atomic E-state index is 5.18. The van der Waals surface area contributed by atoms with Crippen molar-refractivity contribution in [3.63, 3.8) is 0 Å². The minimum atomic E-state index is 0.467. The summed E-state index contributed by atoms with van der Waals surface area (Å²) in [5.74, 6) is 1.24. The number of imidazole rings is 1. The van der Waals surface area contributed by atoms with Crippen LogP contribution < -0.4 is 5.32 Å². The van der Waals surface area contributed by atoms with Crippen LogP contribution in [0.2, 0.25) is 0 Å². The molecule has 0 aliphatic heterocycles. The van der Waals surface area contributed by atoms with Crippen molar-refractivity contribution in [2.75, 3.05) is 6.54 Å². The molecule has 2 aromatic rings. The van der Waals surface area contributed by atoms with Crippen LogP contribution in [0.1, 0.15) is 19.7 Å². The van der Waals surface area contributed by atoms with E-state index < -0.39 is 0 Å². The highest BCUT2D eigenvalue weighted by atomic mass is 16.5. The maximum Gasteiger partial charge on any atom is 0.228 e. The van der Waals surface area contributed by atoms with E-state index in [1.165, 1.54) is 0 Å². The second kappa shape index (κ2) is 5.09. The number of hydrogen-bond donors (Lipinski definition) is 1. The summed E-state index contributed by atoms with van der Waals surface area (Å²) in [6.07, 6.45) is 4.18. The van der Waals surface area contributed by atoms with Gasteiger partial charge in [-0.05, 0) is 0 Å². The minimum Gasteiger partial charge on any atom is -0.339 e. The molecule has 0 saturated carbocycles. The zero-order valence-corrected chi connectivity index (χ0v) is 10.3. The van der Waals surface area contributed by atoms with Crippen molar-refractivity contribution in [2.24, 2.45) is 7.05 Å². The largest absolute Gasteiger partial charge is 0.339 e. The van der Waals surface area contributed by atoms with Crippen LogP contribution in [0, 0.1) is 0 Å². The summed E-state index contributed by atoms with van der Waals surface area (Å²) >= 11 is 0. The average molecular weight is 235 g/mol. The molecule has 0 aliphatic carbocycles. The highest BCUT2D eigenvalue weighted by molar-refractivity contribution is 5.46. The standard InChI is InChI=1S/C11H17N5O/c1-8(2)13-5-4-10-14-11(15-17-10)9-6-12-7-16(9)3/h6-8,13H,4-5H2,1-3H3.